The van der Waals surface area contributed by atoms with E-state index in [9.17, 15) is 0 Å². The maximum Gasteiger partial charge on any atom is 0.161 e. The first-order chi connectivity index (χ1) is 8.11. The predicted molar refractivity (Wildman–Crippen MR) is 69.2 cm³/mol. The summed E-state index contributed by atoms with van der Waals surface area (Å²) < 4.78 is 0. The summed E-state index contributed by atoms with van der Waals surface area (Å²) in [6.07, 6.45) is 1.69. The van der Waals surface area contributed by atoms with E-state index in [-0.39, 0.29) is 0 Å². The summed E-state index contributed by atoms with van der Waals surface area (Å²) >= 11 is 0. The number of aryl methyl sites for hydroxylation is 2. The number of hydrogen-bond acceptors (Lipinski definition) is 4. The molecule has 0 fully saturated rings. The number of anilines is 1. The number of nitrogens with zero attached hydrogens (tertiary/aromatic N) is 2. The molecule has 0 spiro atoms. The van der Waals surface area contributed by atoms with Gasteiger partial charge >= 0.3 is 0 Å². The first kappa shape index (κ1) is 11.5. The molecule has 17 heavy (non-hydrogen) atoms. The third kappa shape index (κ3) is 2.26. The minimum Gasteiger partial charge on any atom is -0.383 e. The molecule has 0 aliphatic heterocycles. The molecular weight excluding hydrogens is 212 g/mol. The van der Waals surface area contributed by atoms with E-state index in [4.69, 9.17) is 11.5 Å². The van der Waals surface area contributed by atoms with Gasteiger partial charge in [-0.1, -0.05) is 17.7 Å². The van der Waals surface area contributed by atoms with Crippen molar-refractivity contribution in [3.8, 4) is 11.4 Å². The number of rotatable bonds is 2. The van der Waals surface area contributed by atoms with Crippen LogP contribution in [0.15, 0.2) is 24.4 Å². The van der Waals surface area contributed by atoms with Crippen molar-refractivity contribution < 1.29 is 0 Å². The zero-order chi connectivity index (χ0) is 12.4. The Bertz CT molecular complexity index is 549. The summed E-state index contributed by atoms with van der Waals surface area (Å²) in [6.45, 7) is 4.44. The van der Waals surface area contributed by atoms with Crippen molar-refractivity contribution in [3.05, 3.63) is 41.1 Å². The van der Waals surface area contributed by atoms with Gasteiger partial charge in [-0.25, -0.2) is 9.97 Å². The smallest absolute Gasteiger partial charge is 0.161 e. The van der Waals surface area contributed by atoms with E-state index in [0.717, 1.165) is 16.7 Å². The van der Waals surface area contributed by atoms with Gasteiger partial charge in [0.25, 0.3) is 0 Å². The summed E-state index contributed by atoms with van der Waals surface area (Å²) in [6, 6.07) is 6.18. The lowest BCUT2D eigenvalue weighted by Gasteiger charge is -2.08. The molecule has 0 aliphatic rings. The highest BCUT2D eigenvalue weighted by Gasteiger charge is 2.07. The van der Waals surface area contributed by atoms with Gasteiger partial charge in [0.15, 0.2) is 5.82 Å². The van der Waals surface area contributed by atoms with Crippen LogP contribution in [0.1, 0.15) is 16.7 Å². The lowest BCUT2D eigenvalue weighted by molar-refractivity contribution is 1.02. The molecule has 4 heteroatoms. The summed E-state index contributed by atoms with van der Waals surface area (Å²) in [5.74, 6) is 1.11. The molecule has 0 amide bonds. The second-order valence-corrected chi connectivity index (χ2v) is 4.13. The molecule has 4 nitrogen and oxygen atoms in total. The van der Waals surface area contributed by atoms with E-state index >= 15 is 0 Å². The molecule has 0 unspecified atom stereocenters. The molecule has 2 aromatic rings. The maximum absolute atomic E-state index is 5.83. The van der Waals surface area contributed by atoms with E-state index in [1.165, 1.54) is 5.56 Å². The molecule has 4 N–H and O–H groups in total. The van der Waals surface area contributed by atoms with Gasteiger partial charge in [-0.2, -0.15) is 0 Å². The molecule has 1 heterocycles. The minimum atomic E-state index is 0.360. The molecule has 1 aromatic carbocycles. The Morgan fingerprint density at radius 2 is 2.00 bits per heavy atom. The Balaban J connectivity index is 2.53. The molecule has 88 valence electrons. The molecule has 0 saturated heterocycles. The number of nitrogen functional groups attached to an aromatic ring is 1. The first-order valence-corrected chi connectivity index (χ1v) is 5.51. The van der Waals surface area contributed by atoms with E-state index < -0.39 is 0 Å². The number of nitrogens with two attached hydrogens (primary N) is 2. The zero-order valence-electron chi connectivity index (χ0n) is 10.1. The van der Waals surface area contributed by atoms with Gasteiger partial charge in [0.05, 0.1) is 0 Å². The first-order valence-electron chi connectivity index (χ1n) is 5.51. The Morgan fingerprint density at radius 3 is 2.65 bits per heavy atom. The molecule has 0 aliphatic carbocycles. The van der Waals surface area contributed by atoms with Crippen LogP contribution in [0, 0.1) is 13.8 Å². The second kappa shape index (κ2) is 4.51. The second-order valence-electron chi connectivity index (χ2n) is 4.13. The number of benzene rings is 1. The van der Waals surface area contributed by atoms with Crippen LogP contribution in [0.25, 0.3) is 11.4 Å². The van der Waals surface area contributed by atoms with Crippen molar-refractivity contribution in [2.75, 3.05) is 5.73 Å². The SMILES string of the molecule is Cc1ccc(C)c(-c2ncc(CN)c(N)n2)c1. The average Bonchev–Trinajstić information content (AvgIpc) is 2.32. The molecule has 1 aromatic heterocycles. The van der Waals surface area contributed by atoms with Crippen molar-refractivity contribution in [1.29, 1.82) is 0 Å². The van der Waals surface area contributed by atoms with Gasteiger partial charge < -0.3 is 11.5 Å². The summed E-state index contributed by atoms with van der Waals surface area (Å²) in [4.78, 5) is 8.61. The fourth-order valence-corrected chi connectivity index (χ4v) is 1.68. The van der Waals surface area contributed by atoms with Gasteiger partial charge in [-0.15, -0.1) is 0 Å². The highest BCUT2D eigenvalue weighted by atomic mass is 14.9. The summed E-state index contributed by atoms with van der Waals surface area (Å²) in [5.41, 5.74) is 15.5. The molecule has 0 saturated carbocycles. The van der Waals surface area contributed by atoms with Gasteiger partial charge in [0.1, 0.15) is 5.82 Å². The third-order valence-electron chi connectivity index (χ3n) is 2.75. The third-order valence-corrected chi connectivity index (χ3v) is 2.75. The monoisotopic (exact) mass is 228 g/mol. The lowest BCUT2D eigenvalue weighted by Crippen LogP contribution is -2.06. The van der Waals surface area contributed by atoms with Crippen molar-refractivity contribution >= 4 is 5.82 Å². The van der Waals surface area contributed by atoms with Crippen LogP contribution < -0.4 is 11.5 Å². The van der Waals surface area contributed by atoms with E-state index in [1.54, 1.807) is 6.20 Å². The van der Waals surface area contributed by atoms with Gasteiger partial charge in [-0.3, -0.25) is 0 Å². The normalized spacial score (nSPS) is 10.5. The highest BCUT2D eigenvalue weighted by molar-refractivity contribution is 5.62. The number of aromatic nitrogens is 2. The Labute approximate surface area is 101 Å². The van der Waals surface area contributed by atoms with E-state index in [1.807, 2.05) is 13.8 Å². The Kier molecular flexibility index (Phi) is 3.06. The highest BCUT2D eigenvalue weighted by Crippen LogP contribution is 2.22. The number of hydrogen-bond donors (Lipinski definition) is 2. The van der Waals surface area contributed by atoms with Crippen molar-refractivity contribution in [3.63, 3.8) is 0 Å². The molecule has 0 radical (unpaired) electrons. The van der Waals surface area contributed by atoms with Gasteiger partial charge in [-0.05, 0) is 25.5 Å². The van der Waals surface area contributed by atoms with Crippen LogP contribution >= 0.6 is 0 Å². The maximum atomic E-state index is 5.83. The lowest BCUT2D eigenvalue weighted by atomic mass is 10.1. The van der Waals surface area contributed by atoms with Crippen molar-refractivity contribution in [2.45, 2.75) is 20.4 Å². The Morgan fingerprint density at radius 1 is 1.24 bits per heavy atom. The fourth-order valence-electron chi connectivity index (χ4n) is 1.68. The van der Waals surface area contributed by atoms with Crippen LogP contribution in [-0.4, -0.2) is 9.97 Å². The summed E-state index contributed by atoms with van der Waals surface area (Å²) in [7, 11) is 0. The summed E-state index contributed by atoms with van der Waals surface area (Å²) in [5, 5.41) is 0. The fraction of sp³-hybridized carbons (Fsp3) is 0.231. The average molecular weight is 228 g/mol. The van der Waals surface area contributed by atoms with Crippen molar-refractivity contribution in [2.24, 2.45) is 5.73 Å². The predicted octanol–water partition coefficient (Wildman–Crippen LogP) is 1.80. The molecule has 0 bridgehead atoms. The Hall–Kier alpha value is -1.94. The minimum absolute atomic E-state index is 0.360. The van der Waals surface area contributed by atoms with Gasteiger partial charge in [0.2, 0.25) is 0 Å². The van der Waals surface area contributed by atoms with E-state index in [2.05, 4.69) is 28.2 Å². The quantitative estimate of drug-likeness (QED) is 0.821. The standard InChI is InChI=1S/C13H16N4/c1-8-3-4-9(2)11(5-8)13-16-7-10(6-14)12(15)17-13/h3-5,7H,6,14H2,1-2H3,(H2,15,16,17). The van der Waals surface area contributed by atoms with Crippen LogP contribution in [-0.2, 0) is 6.54 Å². The molecule has 2 rings (SSSR count). The zero-order valence-corrected chi connectivity index (χ0v) is 10.1. The van der Waals surface area contributed by atoms with Crippen LogP contribution in [0.2, 0.25) is 0 Å². The van der Waals surface area contributed by atoms with Gasteiger partial charge in [0, 0.05) is 23.9 Å². The largest absolute Gasteiger partial charge is 0.383 e. The van der Waals surface area contributed by atoms with Crippen molar-refractivity contribution in [1.82, 2.24) is 9.97 Å². The molecular formula is C13H16N4. The van der Waals surface area contributed by atoms with Crippen LogP contribution in [0.5, 0.6) is 0 Å². The van der Waals surface area contributed by atoms with E-state index in [0.29, 0.717) is 18.2 Å². The van der Waals surface area contributed by atoms with Crippen LogP contribution in [0.4, 0.5) is 5.82 Å². The molecule has 0 atom stereocenters. The topological polar surface area (TPSA) is 77.8 Å². The van der Waals surface area contributed by atoms with Crippen LogP contribution in [0.3, 0.4) is 0 Å².